The molecule has 0 bridgehead atoms. The van der Waals surface area contributed by atoms with Gasteiger partial charge in [-0.15, -0.1) is 0 Å². The molecule has 5 unspecified atom stereocenters. The largest absolute Gasteiger partial charge is 0.508 e. The fourth-order valence-electron chi connectivity index (χ4n) is 6.52. The van der Waals surface area contributed by atoms with E-state index in [1.807, 2.05) is 122 Å². The zero-order valence-electron chi connectivity index (χ0n) is 26.7. The second kappa shape index (κ2) is 15.2. The van der Waals surface area contributed by atoms with Crippen LogP contribution in [0.2, 0.25) is 0 Å². The van der Waals surface area contributed by atoms with Gasteiger partial charge in [0.1, 0.15) is 24.3 Å². The van der Waals surface area contributed by atoms with E-state index in [0.717, 1.165) is 38.3 Å². The van der Waals surface area contributed by atoms with Gasteiger partial charge in [0.05, 0.1) is 19.3 Å². The first-order valence-corrected chi connectivity index (χ1v) is 17.2. The number of hydrogen-bond acceptors (Lipinski definition) is 7. The van der Waals surface area contributed by atoms with Crippen LogP contribution in [0, 0.1) is 0 Å². The van der Waals surface area contributed by atoms with Gasteiger partial charge in [-0.1, -0.05) is 139 Å². The molecule has 5 aromatic carbocycles. The average molecular weight is 659 g/mol. The van der Waals surface area contributed by atoms with Crippen molar-refractivity contribution in [1.82, 2.24) is 0 Å². The monoisotopic (exact) mass is 658 g/mol. The Morgan fingerprint density at radius 3 is 1.71 bits per heavy atom. The van der Waals surface area contributed by atoms with Gasteiger partial charge in [0, 0.05) is 10.8 Å². The highest BCUT2D eigenvalue weighted by molar-refractivity contribution is 7.99. The van der Waals surface area contributed by atoms with Gasteiger partial charge in [-0.25, -0.2) is 4.79 Å². The molecule has 48 heavy (non-hydrogen) atoms. The van der Waals surface area contributed by atoms with Gasteiger partial charge < -0.3 is 23.7 Å². The van der Waals surface area contributed by atoms with E-state index in [4.69, 9.17) is 23.7 Å². The molecule has 1 heterocycles. The second-order valence-corrected chi connectivity index (χ2v) is 13.2. The molecule has 0 spiro atoms. The summed E-state index contributed by atoms with van der Waals surface area (Å²) in [5, 5.41) is 0. The predicted octanol–water partition coefficient (Wildman–Crippen LogP) is 9.03. The topological polar surface area (TPSA) is 63.2 Å². The summed E-state index contributed by atoms with van der Waals surface area (Å²) in [5.74, 6) is -0.0887. The zero-order valence-corrected chi connectivity index (χ0v) is 27.5. The maximum absolute atomic E-state index is 13.7. The van der Waals surface area contributed by atoms with Gasteiger partial charge in [0.2, 0.25) is 0 Å². The molecule has 5 aromatic rings. The number of thioether (sulfide) groups is 1. The number of fused-ring (bicyclic) bond motifs is 3. The Bertz CT molecular complexity index is 1740. The van der Waals surface area contributed by atoms with Crippen LogP contribution in [0.5, 0.6) is 0 Å². The van der Waals surface area contributed by atoms with Crippen molar-refractivity contribution in [3.8, 4) is 11.1 Å². The van der Waals surface area contributed by atoms with E-state index in [1.54, 1.807) is 0 Å². The summed E-state index contributed by atoms with van der Waals surface area (Å²) < 4.78 is 31.9. The van der Waals surface area contributed by atoms with Crippen LogP contribution in [0.15, 0.2) is 144 Å². The summed E-state index contributed by atoms with van der Waals surface area (Å²) >= 11 is 1.49. The zero-order chi connectivity index (χ0) is 32.7. The van der Waals surface area contributed by atoms with Gasteiger partial charge in [0.25, 0.3) is 0 Å². The maximum Gasteiger partial charge on any atom is 0.508 e. The van der Waals surface area contributed by atoms with Gasteiger partial charge in [-0.2, -0.15) is 0 Å². The maximum atomic E-state index is 13.7. The van der Waals surface area contributed by atoms with Crippen molar-refractivity contribution in [3.63, 3.8) is 0 Å². The van der Waals surface area contributed by atoms with Crippen molar-refractivity contribution in [2.45, 2.75) is 60.8 Å². The van der Waals surface area contributed by atoms with Crippen LogP contribution < -0.4 is 0 Å². The molecule has 7 rings (SSSR count). The van der Waals surface area contributed by atoms with E-state index < -0.39 is 29.9 Å². The van der Waals surface area contributed by atoms with Crippen LogP contribution in [0.25, 0.3) is 11.1 Å². The Labute approximate surface area is 286 Å². The smallest absolute Gasteiger partial charge is 0.433 e. The molecule has 7 heteroatoms. The van der Waals surface area contributed by atoms with E-state index in [0.29, 0.717) is 13.2 Å². The standard InChI is InChI=1S/C41H38O6S/c1-28-37(43-25-29-15-5-2-6-16-29)38(44-26-30-17-7-3-8-18-30)39(40(46-28)48-31-19-9-4-10-20-31)47-41(42)45-27-36-34-23-13-11-21-32(34)33-22-12-14-24-35(33)36/h2-24,28,36-40H,25-27H2,1H3. The van der Waals surface area contributed by atoms with Gasteiger partial charge in [0.15, 0.2) is 6.10 Å². The fraction of sp³-hybridized carbons (Fsp3) is 0.244. The summed E-state index contributed by atoms with van der Waals surface area (Å²) in [5.41, 5.74) is 6.07. The molecular weight excluding hydrogens is 621 g/mol. The minimum atomic E-state index is -0.827. The van der Waals surface area contributed by atoms with Gasteiger partial charge >= 0.3 is 6.16 Å². The third kappa shape index (κ3) is 7.35. The summed E-state index contributed by atoms with van der Waals surface area (Å²) in [6.07, 6.45) is -3.11. The van der Waals surface area contributed by atoms with Crippen LogP contribution in [0.3, 0.4) is 0 Å². The van der Waals surface area contributed by atoms with Gasteiger partial charge in [-0.05, 0) is 52.4 Å². The van der Waals surface area contributed by atoms with E-state index in [1.165, 1.54) is 11.8 Å². The molecular formula is C41H38O6S. The van der Waals surface area contributed by atoms with Crippen molar-refractivity contribution in [2.24, 2.45) is 0 Å². The Morgan fingerprint density at radius 2 is 1.12 bits per heavy atom. The minimum Gasteiger partial charge on any atom is -0.433 e. The first-order chi connectivity index (χ1) is 23.6. The first-order valence-electron chi connectivity index (χ1n) is 16.3. The summed E-state index contributed by atoms with van der Waals surface area (Å²) in [7, 11) is 0. The first kappa shape index (κ1) is 32.2. The van der Waals surface area contributed by atoms with Crippen molar-refractivity contribution < 1.29 is 28.5 Å². The Morgan fingerprint density at radius 1 is 0.625 bits per heavy atom. The van der Waals surface area contributed by atoms with Crippen LogP contribution in [-0.2, 0) is 36.9 Å². The molecule has 0 radical (unpaired) electrons. The van der Waals surface area contributed by atoms with Crippen LogP contribution in [0.1, 0.15) is 35.1 Å². The van der Waals surface area contributed by atoms with E-state index in [9.17, 15) is 4.79 Å². The molecule has 1 aliphatic carbocycles. The highest BCUT2D eigenvalue weighted by atomic mass is 32.2. The van der Waals surface area contributed by atoms with Crippen LogP contribution in [-0.4, -0.2) is 42.6 Å². The molecule has 5 atom stereocenters. The molecule has 1 aliphatic heterocycles. The third-order valence-corrected chi connectivity index (χ3v) is 10.0. The second-order valence-electron chi connectivity index (χ2n) is 12.0. The molecule has 0 amide bonds. The van der Waals surface area contributed by atoms with Crippen molar-refractivity contribution in [2.75, 3.05) is 6.61 Å². The average Bonchev–Trinajstić information content (AvgIpc) is 3.45. The number of benzene rings is 5. The lowest BCUT2D eigenvalue weighted by Crippen LogP contribution is -2.59. The quantitative estimate of drug-likeness (QED) is 0.131. The highest BCUT2D eigenvalue weighted by Crippen LogP contribution is 2.45. The lowest BCUT2D eigenvalue weighted by Gasteiger charge is -2.44. The number of carbonyl (C=O) groups is 1. The Balaban J connectivity index is 1.14. The van der Waals surface area contributed by atoms with Gasteiger partial charge in [-0.3, -0.25) is 0 Å². The van der Waals surface area contributed by atoms with Crippen LogP contribution >= 0.6 is 11.8 Å². The number of rotatable bonds is 11. The fourth-order valence-corrected chi connectivity index (χ4v) is 7.67. The molecule has 0 saturated carbocycles. The molecule has 1 saturated heterocycles. The normalized spacial score (nSPS) is 21.6. The molecule has 0 aromatic heterocycles. The van der Waals surface area contributed by atoms with Crippen molar-refractivity contribution in [3.05, 3.63) is 162 Å². The summed E-state index contributed by atoms with van der Waals surface area (Å²) in [6, 6.07) is 46.4. The summed E-state index contributed by atoms with van der Waals surface area (Å²) in [4.78, 5) is 14.7. The minimum absolute atomic E-state index is 0.0887. The Kier molecular flexibility index (Phi) is 10.2. The highest BCUT2D eigenvalue weighted by Gasteiger charge is 2.49. The predicted molar refractivity (Wildman–Crippen MR) is 187 cm³/mol. The van der Waals surface area contributed by atoms with Crippen LogP contribution in [0.4, 0.5) is 4.79 Å². The lowest BCUT2D eigenvalue weighted by molar-refractivity contribution is -0.232. The molecule has 6 nitrogen and oxygen atoms in total. The number of ether oxygens (including phenoxy) is 5. The SMILES string of the molecule is CC1OC(Sc2ccccc2)C(OC(=O)OCC2c3ccccc3-c3ccccc32)C(OCc2ccccc2)C1OCc1ccccc1. The molecule has 0 N–H and O–H groups in total. The molecule has 1 fully saturated rings. The summed E-state index contributed by atoms with van der Waals surface area (Å²) in [6.45, 7) is 2.81. The number of hydrogen-bond donors (Lipinski definition) is 0. The number of carbonyl (C=O) groups excluding carboxylic acids is 1. The van der Waals surface area contributed by atoms with E-state index in [-0.39, 0.29) is 18.6 Å². The van der Waals surface area contributed by atoms with E-state index in [2.05, 4.69) is 24.3 Å². The third-order valence-electron chi connectivity index (χ3n) is 8.86. The Hall–Kier alpha value is -4.40. The molecule has 244 valence electrons. The van der Waals surface area contributed by atoms with Crippen molar-refractivity contribution >= 4 is 17.9 Å². The van der Waals surface area contributed by atoms with E-state index >= 15 is 0 Å². The van der Waals surface area contributed by atoms with Crippen molar-refractivity contribution in [1.29, 1.82) is 0 Å². The molecule has 2 aliphatic rings. The lowest BCUT2D eigenvalue weighted by atomic mass is 9.98.